The van der Waals surface area contributed by atoms with Gasteiger partial charge >= 0.3 is 0 Å². The van der Waals surface area contributed by atoms with E-state index in [1.807, 2.05) is 0 Å². The molecule has 0 bridgehead atoms. The van der Waals surface area contributed by atoms with Crippen molar-refractivity contribution in [2.24, 2.45) is 0 Å². The molecule has 0 saturated heterocycles. The molecule has 0 heterocycles. The lowest BCUT2D eigenvalue weighted by molar-refractivity contribution is 0.320. The molecule has 0 aromatic rings. The Morgan fingerprint density at radius 2 is 1.75 bits per heavy atom. The SMILES string of the molecule is O=S(CCO)CS(=O)(=O)CCO. The molecular weight excluding hydrogens is 204 g/mol. The van der Waals surface area contributed by atoms with Crippen LogP contribution in [0.5, 0.6) is 0 Å². The number of aliphatic hydroxyl groups excluding tert-OH is 2. The number of hydrogen-bond acceptors (Lipinski definition) is 5. The average Bonchev–Trinajstić information content (AvgIpc) is 1.85. The molecule has 0 saturated carbocycles. The van der Waals surface area contributed by atoms with Crippen molar-refractivity contribution in [2.45, 2.75) is 0 Å². The van der Waals surface area contributed by atoms with Crippen LogP contribution in [0, 0.1) is 0 Å². The van der Waals surface area contributed by atoms with Gasteiger partial charge in [-0.15, -0.1) is 0 Å². The molecule has 0 radical (unpaired) electrons. The number of sulfone groups is 1. The highest BCUT2D eigenvalue weighted by molar-refractivity contribution is 8.05. The van der Waals surface area contributed by atoms with Gasteiger partial charge in [0, 0.05) is 16.6 Å². The maximum Gasteiger partial charge on any atom is 0.164 e. The fourth-order valence-electron chi connectivity index (χ4n) is 0.559. The topological polar surface area (TPSA) is 91.7 Å². The van der Waals surface area contributed by atoms with Gasteiger partial charge in [-0.1, -0.05) is 0 Å². The fraction of sp³-hybridized carbons (Fsp3) is 1.00. The summed E-state index contributed by atoms with van der Waals surface area (Å²) in [6, 6.07) is 0. The molecule has 0 spiro atoms. The van der Waals surface area contributed by atoms with E-state index in [0.29, 0.717) is 0 Å². The van der Waals surface area contributed by atoms with Gasteiger partial charge < -0.3 is 10.2 Å². The van der Waals surface area contributed by atoms with Gasteiger partial charge in [0.2, 0.25) is 0 Å². The van der Waals surface area contributed by atoms with Crippen LogP contribution in [0.25, 0.3) is 0 Å². The maximum atomic E-state index is 10.9. The lowest BCUT2D eigenvalue weighted by atomic mass is 10.9. The van der Waals surface area contributed by atoms with Gasteiger partial charge in [-0.2, -0.15) is 0 Å². The minimum atomic E-state index is -3.41. The van der Waals surface area contributed by atoms with E-state index in [-0.39, 0.29) is 18.1 Å². The maximum absolute atomic E-state index is 10.9. The summed E-state index contributed by atoms with van der Waals surface area (Å²) in [5, 5.41) is 16.2. The fourth-order valence-corrected chi connectivity index (χ4v) is 3.59. The van der Waals surface area contributed by atoms with Crippen LogP contribution >= 0.6 is 0 Å². The second-order valence-corrected chi connectivity index (χ2v) is 6.28. The summed E-state index contributed by atoms with van der Waals surface area (Å²) in [4.78, 5) is 0. The van der Waals surface area contributed by atoms with Crippen LogP contribution in [-0.4, -0.2) is 52.6 Å². The average molecular weight is 216 g/mol. The van der Waals surface area contributed by atoms with Crippen molar-refractivity contribution >= 4 is 20.6 Å². The van der Waals surface area contributed by atoms with Crippen LogP contribution in [-0.2, 0) is 20.6 Å². The Kier molecular flexibility index (Phi) is 5.64. The Labute approximate surface area is 73.8 Å². The summed E-state index contributed by atoms with van der Waals surface area (Å²) in [7, 11) is -4.95. The number of aliphatic hydroxyl groups is 2. The molecule has 0 aliphatic rings. The van der Waals surface area contributed by atoms with E-state index >= 15 is 0 Å². The third-order valence-electron chi connectivity index (χ3n) is 1.03. The quantitative estimate of drug-likeness (QED) is 0.540. The van der Waals surface area contributed by atoms with Crippen LogP contribution in [0.1, 0.15) is 0 Å². The molecule has 0 fully saturated rings. The summed E-state index contributed by atoms with van der Waals surface area (Å²) in [6.45, 7) is -0.750. The molecule has 0 rings (SSSR count). The van der Waals surface area contributed by atoms with E-state index in [9.17, 15) is 12.6 Å². The molecule has 5 nitrogen and oxygen atoms in total. The molecule has 74 valence electrons. The van der Waals surface area contributed by atoms with E-state index in [2.05, 4.69) is 0 Å². The summed E-state index contributed by atoms with van der Waals surface area (Å²) in [6.07, 6.45) is 0. The molecule has 0 amide bonds. The normalized spacial score (nSPS) is 14.5. The Balaban J connectivity index is 3.98. The second-order valence-electron chi connectivity index (χ2n) is 2.16. The second kappa shape index (κ2) is 5.63. The zero-order valence-corrected chi connectivity index (χ0v) is 8.10. The molecular formula is C5H12O5S2. The van der Waals surface area contributed by atoms with Gasteiger partial charge in [-0.05, 0) is 0 Å². The molecule has 0 aliphatic heterocycles. The molecule has 2 N–H and O–H groups in total. The molecule has 0 aliphatic carbocycles. The Bertz CT molecular complexity index is 232. The van der Waals surface area contributed by atoms with Gasteiger partial charge in [-0.25, -0.2) is 8.42 Å². The first-order valence-corrected chi connectivity index (χ1v) is 6.60. The largest absolute Gasteiger partial charge is 0.395 e. The van der Waals surface area contributed by atoms with Gasteiger partial charge in [-0.3, -0.25) is 4.21 Å². The van der Waals surface area contributed by atoms with Crippen LogP contribution < -0.4 is 0 Å². The Morgan fingerprint density at radius 1 is 1.17 bits per heavy atom. The first-order valence-electron chi connectivity index (χ1n) is 3.29. The summed E-state index contributed by atoms with van der Waals surface area (Å²) >= 11 is 0. The van der Waals surface area contributed by atoms with Crippen molar-refractivity contribution in [2.75, 3.05) is 29.8 Å². The Hall–Kier alpha value is 0.0200. The van der Waals surface area contributed by atoms with Crippen molar-refractivity contribution in [1.82, 2.24) is 0 Å². The van der Waals surface area contributed by atoms with Gasteiger partial charge in [0.15, 0.2) is 9.84 Å². The van der Waals surface area contributed by atoms with E-state index in [1.165, 1.54) is 0 Å². The molecule has 7 heteroatoms. The number of rotatable bonds is 6. The Morgan fingerprint density at radius 3 is 2.17 bits per heavy atom. The van der Waals surface area contributed by atoms with Crippen LogP contribution in [0.4, 0.5) is 0 Å². The van der Waals surface area contributed by atoms with Gasteiger partial charge in [0.25, 0.3) is 0 Å². The third-order valence-corrected chi connectivity index (χ3v) is 4.96. The standard InChI is InChI=1S/C5H12O5S2/c6-1-3-11(8)5-12(9,10)4-2-7/h6-7H,1-5H2. The smallest absolute Gasteiger partial charge is 0.164 e. The molecule has 12 heavy (non-hydrogen) atoms. The van der Waals surface area contributed by atoms with E-state index in [1.54, 1.807) is 0 Å². The predicted molar refractivity (Wildman–Crippen MR) is 45.8 cm³/mol. The summed E-state index contributed by atoms with van der Waals surface area (Å²) < 4.78 is 32.6. The van der Waals surface area contributed by atoms with E-state index in [0.717, 1.165) is 0 Å². The highest BCUT2D eigenvalue weighted by Crippen LogP contribution is 1.94. The van der Waals surface area contributed by atoms with Crippen molar-refractivity contribution in [3.63, 3.8) is 0 Å². The highest BCUT2D eigenvalue weighted by Gasteiger charge is 2.13. The first kappa shape index (κ1) is 12.0. The lowest BCUT2D eigenvalue weighted by Gasteiger charge is -2.00. The van der Waals surface area contributed by atoms with Crippen molar-refractivity contribution in [3.8, 4) is 0 Å². The van der Waals surface area contributed by atoms with Crippen LogP contribution in [0.2, 0.25) is 0 Å². The van der Waals surface area contributed by atoms with E-state index in [4.69, 9.17) is 10.2 Å². The monoisotopic (exact) mass is 216 g/mol. The predicted octanol–water partition coefficient (Wildman–Crippen LogP) is -1.91. The van der Waals surface area contributed by atoms with Crippen LogP contribution in [0.3, 0.4) is 0 Å². The minimum absolute atomic E-state index is 0.0370. The van der Waals surface area contributed by atoms with Crippen LogP contribution in [0.15, 0.2) is 0 Å². The molecule has 0 aromatic heterocycles. The zero-order chi connectivity index (χ0) is 9.61. The van der Waals surface area contributed by atoms with Crippen molar-refractivity contribution in [3.05, 3.63) is 0 Å². The lowest BCUT2D eigenvalue weighted by Crippen LogP contribution is -2.19. The number of hydrogen-bond donors (Lipinski definition) is 2. The van der Waals surface area contributed by atoms with Crippen molar-refractivity contribution < 1.29 is 22.8 Å². The third kappa shape index (κ3) is 5.64. The van der Waals surface area contributed by atoms with Gasteiger partial charge in [0.1, 0.15) is 5.08 Å². The zero-order valence-electron chi connectivity index (χ0n) is 6.47. The summed E-state index contributed by atoms with van der Waals surface area (Å²) in [5.74, 6) is -0.408. The molecule has 1 unspecified atom stereocenters. The minimum Gasteiger partial charge on any atom is -0.395 e. The first-order chi connectivity index (χ1) is 5.52. The van der Waals surface area contributed by atoms with E-state index < -0.39 is 32.3 Å². The highest BCUT2D eigenvalue weighted by atomic mass is 32.3. The molecule has 0 aromatic carbocycles. The van der Waals surface area contributed by atoms with Gasteiger partial charge in [0.05, 0.1) is 19.0 Å². The molecule has 1 atom stereocenters. The van der Waals surface area contributed by atoms with Crippen molar-refractivity contribution in [1.29, 1.82) is 0 Å². The summed E-state index contributed by atoms with van der Waals surface area (Å²) in [5.41, 5.74) is 0.